The molecular formula is C23H29NO7S. The molecule has 1 N–H and O–H groups in total. The van der Waals surface area contributed by atoms with E-state index in [1.165, 1.54) is 12.1 Å². The van der Waals surface area contributed by atoms with Gasteiger partial charge in [0.2, 0.25) is 0 Å². The molecule has 9 heteroatoms. The average Bonchev–Trinajstić information content (AvgIpc) is 2.77. The highest BCUT2D eigenvalue weighted by Gasteiger charge is 2.22. The number of amides is 1. The largest absolute Gasteiger partial charge is 0.464 e. The maximum absolute atomic E-state index is 12.2. The van der Waals surface area contributed by atoms with Crippen LogP contribution >= 0.6 is 0 Å². The zero-order valence-electron chi connectivity index (χ0n) is 18.3. The zero-order chi connectivity index (χ0) is 23.4. The number of nitrogens with one attached hydrogen (secondary N) is 1. The Labute approximate surface area is 189 Å². The summed E-state index contributed by atoms with van der Waals surface area (Å²) in [5.74, 6) is -0.572. The van der Waals surface area contributed by atoms with E-state index in [4.69, 9.17) is 13.7 Å². The molecule has 0 fully saturated rings. The summed E-state index contributed by atoms with van der Waals surface area (Å²) < 4.78 is 39.6. The smallest absolute Gasteiger partial charge is 0.408 e. The molecule has 0 saturated heterocycles. The number of carbonyl (C=O) groups is 2. The Balaban J connectivity index is 1.79. The van der Waals surface area contributed by atoms with Crippen molar-refractivity contribution in [2.24, 2.45) is 0 Å². The highest BCUT2D eigenvalue weighted by molar-refractivity contribution is 7.86. The topological polar surface area (TPSA) is 108 Å². The monoisotopic (exact) mass is 463 g/mol. The first-order valence-corrected chi connectivity index (χ1v) is 11.8. The second-order valence-corrected chi connectivity index (χ2v) is 8.71. The van der Waals surface area contributed by atoms with Crippen molar-refractivity contribution in [3.63, 3.8) is 0 Å². The summed E-state index contributed by atoms with van der Waals surface area (Å²) >= 11 is 0. The molecule has 0 aliphatic heterocycles. The molecule has 174 valence electrons. The Morgan fingerprint density at radius 2 is 1.66 bits per heavy atom. The summed E-state index contributed by atoms with van der Waals surface area (Å²) in [5, 5.41) is 2.52. The Morgan fingerprint density at radius 3 is 2.31 bits per heavy atom. The third-order valence-electron chi connectivity index (χ3n) is 4.51. The van der Waals surface area contributed by atoms with E-state index in [0.29, 0.717) is 12.8 Å². The Morgan fingerprint density at radius 1 is 0.969 bits per heavy atom. The molecule has 0 radical (unpaired) electrons. The van der Waals surface area contributed by atoms with Crippen molar-refractivity contribution in [1.29, 1.82) is 0 Å². The number of carbonyl (C=O) groups excluding carboxylic acids is 2. The number of rotatable bonds is 12. The highest BCUT2D eigenvalue weighted by Crippen LogP contribution is 2.14. The van der Waals surface area contributed by atoms with Crippen molar-refractivity contribution >= 4 is 22.2 Å². The first kappa shape index (κ1) is 25.4. The summed E-state index contributed by atoms with van der Waals surface area (Å²) in [4.78, 5) is 24.4. The molecule has 0 spiro atoms. The number of hydrogen-bond acceptors (Lipinski definition) is 7. The lowest BCUT2D eigenvalue weighted by Gasteiger charge is -2.17. The summed E-state index contributed by atoms with van der Waals surface area (Å²) in [6.07, 6.45) is 0.339. The molecule has 2 rings (SSSR count). The van der Waals surface area contributed by atoms with E-state index in [2.05, 4.69) is 5.32 Å². The predicted molar refractivity (Wildman–Crippen MR) is 118 cm³/mol. The average molecular weight is 464 g/mol. The van der Waals surface area contributed by atoms with E-state index >= 15 is 0 Å². The van der Waals surface area contributed by atoms with Gasteiger partial charge in [0.1, 0.15) is 12.6 Å². The summed E-state index contributed by atoms with van der Waals surface area (Å²) in [7, 11) is -3.84. The van der Waals surface area contributed by atoms with Gasteiger partial charge in [0, 0.05) is 0 Å². The molecule has 8 nitrogen and oxygen atoms in total. The standard InChI is InChI=1S/C23H29NO7S/c1-3-29-22(25)21(24-23(26)30-17-19-9-5-4-6-10-19)11-7-8-16-31-32(27,28)20-14-12-18(2)13-15-20/h4-6,9-10,12-15,21H,3,7-8,11,16-17H2,1-2H3,(H,24,26)/t21-/m0/s1. The lowest BCUT2D eigenvalue weighted by molar-refractivity contribution is -0.145. The number of hydrogen-bond donors (Lipinski definition) is 1. The maximum atomic E-state index is 12.2. The molecule has 0 aliphatic rings. The number of benzene rings is 2. The van der Waals surface area contributed by atoms with E-state index < -0.39 is 28.2 Å². The van der Waals surface area contributed by atoms with Crippen LogP contribution in [-0.2, 0) is 35.2 Å². The Hall–Kier alpha value is -2.91. The molecule has 1 atom stereocenters. The van der Waals surface area contributed by atoms with Gasteiger partial charge in [-0.3, -0.25) is 4.18 Å². The van der Waals surface area contributed by atoms with Gasteiger partial charge in [-0.15, -0.1) is 0 Å². The van der Waals surface area contributed by atoms with Gasteiger partial charge in [-0.05, 0) is 50.8 Å². The van der Waals surface area contributed by atoms with E-state index in [-0.39, 0.29) is 31.1 Å². The zero-order valence-corrected chi connectivity index (χ0v) is 19.1. The minimum absolute atomic E-state index is 0.0375. The molecule has 0 saturated carbocycles. The van der Waals surface area contributed by atoms with Gasteiger partial charge in [0.25, 0.3) is 10.1 Å². The maximum Gasteiger partial charge on any atom is 0.408 e. The molecule has 32 heavy (non-hydrogen) atoms. The van der Waals surface area contributed by atoms with Crippen molar-refractivity contribution in [3.8, 4) is 0 Å². The van der Waals surface area contributed by atoms with Crippen molar-refractivity contribution in [2.45, 2.75) is 50.7 Å². The fourth-order valence-corrected chi connectivity index (χ4v) is 3.73. The fourth-order valence-electron chi connectivity index (χ4n) is 2.79. The van der Waals surface area contributed by atoms with Crippen LogP contribution in [0.15, 0.2) is 59.5 Å². The van der Waals surface area contributed by atoms with Gasteiger partial charge >= 0.3 is 12.1 Å². The predicted octanol–water partition coefficient (Wildman–Crippen LogP) is 3.73. The van der Waals surface area contributed by atoms with Gasteiger partial charge in [-0.1, -0.05) is 48.0 Å². The highest BCUT2D eigenvalue weighted by atomic mass is 32.2. The number of aryl methyl sites for hydroxylation is 1. The van der Waals surface area contributed by atoms with Crippen LogP contribution in [0.1, 0.15) is 37.3 Å². The number of ether oxygens (including phenoxy) is 2. The molecule has 2 aromatic rings. The molecule has 0 aliphatic carbocycles. The summed E-state index contributed by atoms with van der Waals surface area (Å²) in [6, 6.07) is 14.6. The van der Waals surface area contributed by atoms with E-state index in [0.717, 1.165) is 11.1 Å². The summed E-state index contributed by atoms with van der Waals surface area (Å²) in [5.41, 5.74) is 1.77. The molecule has 0 aromatic heterocycles. The normalized spacial score (nSPS) is 12.1. The van der Waals surface area contributed by atoms with Crippen LogP contribution in [0.5, 0.6) is 0 Å². The van der Waals surface area contributed by atoms with Crippen molar-refractivity contribution in [3.05, 3.63) is 65.7 Å². The van der Waals surface area contributed by atoms with Gasteiger partial charge in [-0.25, -0.2) is 9.59 Å². The Bertz CT molecular complexity index is 960. The van der Waals surface area contributed by atoms with Crippen LogP contribution in [0.4, 0.5) is 4.79 Å². The number of esters is 1. The van der Waals surface area contributed by atoms with Crippen LogP contribution in [0, 0.1) is 6.92 Å². The molecule has 0 unspecified atom stereocenters. The molecule has 0 bridgehead atoms. The second kappa shape index (κ2) is 12.8. The molecule has 0 heterocycles. The van der Waals surface area contributed by atoms with Crippen LogP contribution < -0.4 is 5.32 Å². The SMILES string of the molecule is CCOC(=O)[C@H](CCCCOS(=O)(=O)c1ccc(C)cc1)NC(=O)OCc1ccccc1. The molecular weight excluding hydrogens is 434 g/mol. The van der Waals surface area contributed by atoms with Gasteiger partial charge < -0.3 is 14.8 Å². The van der Waals surface area contributed by atoms with E-state index in [1.54, 1.807) is 19.1 Å². The van der Waals surface area contributed by atoms with E-state index in [1.807, 2.05) is 37.3 Å². The lowest BCUT2D eigenvalue weighted by atomic mass is 10.1. The van der Waals surface area contributed by atoms with Gasteiger partial charge in [-0.2, -0.15) is 8.42 Å². The van der Waals surface area contributed by atoms with Gasteiger partial charge in [0.05, 0.1) is 18.1 Å². The third kappa shape index (κ3) is 8.68. The van der Waals surface area contributed by atoms with Crippen LogP contribution in [0.3, 0.4) is 0 Å². The minimum atomic E-state index is -3.84. The number of unbranched alkanes of at least 4 members (excludes halogenated alkanes) is 1. The quantitative estimate of drug-likeness (QED) is 0.290. The fraction of sp³-hybridized carbons (Fsp3) is 0.391. The molecule has 1 amide bonds. The first-order chi connectivity index (χ1) is 15.3. The van der Waals surface area contributed by atoms with Crippen molar-refractivity contribution in [1.82, 2.24) is 5.32 Å². The number of alkyl carbamates (subject to hydrolysis) is 1. The lowest BCUT2D eigenvalue weighted by Crippen LogP contribution is -2.42. The van der Waals surface area contributed by atoms with Gasteiger partial charge in [0.15, 0.2) is 0 Å². The van der Waals surface area contributed by atoms with E-state index in [9.17, 15) is 18.0 Å². The van der Waals surface area contributed by atoms with Crippen molar-refractivity contribution in [2.75, 3.05) is 13.2 Å². The van der Waals surface area contributed by atoms with Crippen molar-refractivity contribution < 1.29 is 31.7 Å². The third-order valence-corrected chi connectivity index (χ3v) is 5.84. The van der Waals surface area contributed by atoms with Crippen LogP contribution in [0.25, 0.3) is 0 Å². The summed E-state index contributed by atoms with van der Waals surface area (Å²) in [6.45, 7) is 3.75. The molecule has 2 aromatic carbocycles. The minimum Gasteiger partial charge on any atom is -0.464 e. The second-order valence-electron chi connectivity index (χ2n) is 7.10. The van der Waals surface area contributed by atoms with Crippen LogP contribution in [0.2, 0.25) is 0 Å². The van der Waals surface area contributed by atoms with Crippen LogP contribution in [-0.4, -0.2) is 39.7 Å². The Kier molecular flexibility index (Phi) is 10.2. The first-order valence-electron chi connectivity index (χ1n) is 10.4.